The number of halogens is 1. The third-order valence-electron chi connectivity index (χ3n) is 3.44. The van der Waals surface area contributed by atoms with E-state index in [4.69, 9.17) is 16.3 Å². The summed E-state index contributed by atoms with van der Waals surface area (Å²) >= 11 is 6.06. The van der Waals surface area contributed by atoms with E-state index >= 15 is 0 Å². The van der Waals surface area contributed by atoms with E-state index in [0.29, 0.717) is 23.7 Å². The Morgan fingerprint density at radius 3 is 2.95 bits per heavy atom. The normalized spacial score (nSPS) is 19.4. The second kappa shape index (κ2) is 6.65. The molecule has 1 aliphatic heterocycles. The summed E-state index contributed by atoms with van der Waals surface area (Å²) in [4.78, 5) is 18.2. The van der Waals surface area contributed by atoms with Crippen molar-refractivity contribution >= 4 is 17.5 Å². The molecule has 2 rings (SSSR count). The molecule has 0 bridgehead atoms. The van der Waals surface area contributed by atoms with Crippen LogP contribution in [0.2, 0.25) is 5.02 Å². The van der Waals surface area contributed by atoms with E-state index in [1.165, 1.54) is 0 Å². The average molecular weight is 311 g/mol. The van der Waals surface area contributed by atoms with Gasteiger partial charge in [0, 0.05) is 31.4 Å². The highest BCUT2D eigenvalue weighted by Crippen LogP contribution is 2.26. The summed E-state index contributed by atoms with van der Waals surface area (Å²) in [7, 11) is 0. The van der Waals surface area contributed by atoms with Crippen molar-refractivity contribution < 1.29 is 9.53 Å². The third kappa shape index (κ3) is 4.88. The minimum atomic E-state index is 0.00238. The van der Waals surface area contributed by atoms with Gasteiger partial charge in [-0.05, 0) is 18.3 Å². The molecule has 21 heavy (non-hydrogen) atoms. The molecule has 0 spiro atoms. The van der Waals surface area contributed by atoms with Gasteiger partial charge >= 0.3 is 0 Å². The van der Waals surface area contributed by atoms with Crippen molar-refractivity contribution in [3.8, 4) is 5.75 Å². The van der Waals surface area contributed by atoms with Crippen LogP contribution in [0.3, 0.4) is 0 Å². The van der Waals surface area contributed by atoms with Gasteiger partial charge < -0.3 is 9.64 Å². The zero-order valence-corrected chi connectivity index (χ0v) is 13.7. The highest BCUT2D eigenvalue weighted by atomic mass is 35.5. The van der Waals surface area contributed by atoms with Crippen LogP contribution in [0.5, 0.6) is 5.75 Å². The number of pyridine rings is 1. The molecule has 116 valence electrons. The molecule has 1 amide bonds. The molecule has 0 N–H and O–H groups in total. The van der Waals surface area contributed by atoms with Gasteiger partial charge in [0.1, 0.15) is 16.9 Å². The van der Waals surface area contributed by atoms with Crippen molar-refractivity contribution in [3.05, 3.63) is 23.5 Å². The molecule has 0 saturated carbocycles. The van der Waals surface area contributed by atoms with Crippen LogP contribution < -0.4 is 4.74 Å². The Hall–Kier alpha value is -1.29. The Labute approximate surface area is 131 Å². The summed E-state index contributed by atoms with van der Waals surface area (Å²) in [5.41, 5.74) is 0.0132. The Balaban J connectivity index is 1.95. The fourth-order valence-electron chi connectivity index (χ4n) is 2.46. The number of ether oxygens (including phenoxy) is 1. The highest BCUT2D eigenvalue weighted by molar-refractivity contribution is 6.31. The van der Waals surface area contributed by atoms with E-state index in [1.54, 1.807) is 18.5 Å². The van der Waals surface area contributed by atoms with Crippen LogP contribution in [-0.4, -0.2) is 35.0 Å². The number of carbonyl (C=O) groups excluding carboxylic acids is 1. The van der Waals surface area contributed by atoms with Gasteiger partial charge in [-0.2, -0.15) is 0 Å². The number of likely N-dealkylation sites (tertiary alicyclic amines) is 1. The number of carbonyl (C=O) groups is 1. The zero-order valence-electron chi connectivity index (χ0n) is 12.9. The molecular formula is C16H23ClN2O2. The Bertz CT molecular complexity index is 499. The monoisotopic (exact) mass is 310 g/mol. The number of nitrogens with zero attached hydrogens (tertiary/aromatic N) is 2. The van der Waals surface area contributed by atoms with E-state index in [0.717, 1.165) is 19.4 Å². The predicted molar refractivity (Wildman–Crippen MR) is 83.5 cm³/mol. The van der Waals surface area contributed by atoms with Crippen LogP contribution in [0, 0.1) is 5.41 Å². The molecular weight excluding hydrogens is 288 g/mol. The number of aromatic nitrogens is 1. The SMILES string of the molecule is CC(C)(C)CC(=O)N1CCCC(Oc2ccncc2Cl)C1. The second-order valence-electron chi connectivity index (χ2n) is 6.77. The maximum atomic E-state index is 12.3. The van der Waals surface area contributed by atoms with E-state index in [-0.39, 0.29) is 17.4 Å². The summed E-state index contributed by atoms with van der Waals surface area (Å²) in [6.07, 6.45) is 5.70. The lowest BCUT2D eigenvalue weighted by atomic mass is 9.91. The van der Waals surface area contributed by atoms with Crippen molar-refractivity contribution in [2.24, 2.45) is 5.41 Å². The lowest BCUT2D eigenvalue weighted by Crippen LogP contribution is -2.45. The van der Waals surface area contributed by atoms with Gasteiger partial charge in [0.2, 0.25) is 5.91 Å². The number of hydrogen-bond donors (Lipinski definition) is 0. The Morgan fingerprint density at radius 1 is 1.52 bits per heavy atom. The van der Waals surface area contributed by atoms with Crippen molar-refractivity contribution in [1.82, 2.24) is 9.88 Å². The first-order valence-electron chi connectivity index (χ1n) is 7.39. The van der Waals surface area contributed by atoms with Gasteiger partial charge in [0.05, 0.1) is 6.54 Å². The first-order chi connectivity index (χ1) is 9.85. The highest BCUT2D eigenvalue weighted by Gasteiger charge is 2.27. The van der Waals surface area contributed by atoms with Crippen molar-refractivity contribution in [3.63, 3.8) is 0 Å². The first-order valence-corrected chi connectivity index (χ1v) is 7.77. The molecule has 1 aromatic heterocycles. The van der Waals surface area contributed by atoms with Gasteiger partial charge in [-0.25, -0.2) is 0 Å². The fourth-order valence-corrected chi connectivity index (χ4v) is 2.63. The summed E-state index contributed by atoms with van der Waals surface area (Å²) in [5.74, 6) is 0.846. The average Bonchev–Trinajstić information content (AvgIpc) is 2.40. The molecule has 5 heteroatoms. The molecule has 4 nitrogen and oxygen atoms in total. The molecule has 0 aliphatic carbocycles. The summed E-state index contributed by atoms with van der Waals surface area (Å²) in [6.45, 7) is 7.70. The van der Waals surface area contributed by atoms with E-state index < -0.39 is 0 Å². The maximum Gasteiger partial charge on any atom is 0.223 e. The minimum absolute atomic E-state index is 0.00238. The van der Waals surface area contributed by atoms with Crippen LogP contribution in [0.25, 0.3) is 0 Å². The topological polar surface area (TPSA) is 42.4 Å². The fraction of sp³-hybridized carbons (Fsp3) is 0.625. The second-order valence-corrected chi connectivity index (χ2v) is 7.17. The first kappa shape index (κ1) is 16.1. The van der Waals surface area contributed by atoms with Crippen molar-refractivity contribution in [2.45, 2.75) is 46.1 Å². The largest absolute Gasteiger partial charge is 0.487 e. The summed E-state index contributed by atoms with van der Waals surface area (Å²) in [6, 6.07) is 1.76. The molecule has 1 fully saturated rings. The van der Waals surface area contributed by atoms with Crippen LogP contribution in [0.4, 0.5) is 0 Å². The molecule has 0 radical (unpaired) electrons. The number of hydrogen-bond acceptors (Lipinski definition) is 3. The zero-order chi connectivity index (χ0) is 15.5. The number of rotatable bonds is 3. The Morgan fingerprint density at radius 2 is 2.29 bits per heavy atom. The number of piperidine rings is 1. The molecule has 2 heterocycles. The van der Waals surface area contributed by atoms with Crippen LogP contribution in [0.15, 0.2) is 18.5 Å². The summed E-state index contributed by atoms with van der Waals surface area (Å²) < 4.78 is 5.93. The molecule has 1 saturated heterocycles. The van der Waals surface area contributed by atoms with Crippen molar-refractivity contribution in [2.75, 3.05) is 13.1 Å². The van der Waals surface area contributed by atoms with E-state index in [2.05, 4.69) is 25.8 Å². The minimum Gasteiger partial charge on any atom is -0.487 e. The van der Waals surface area contributed by atoms with Gasteiger partial charge in [-0.15, -0.1) is 0 Å². The van der Waals surface area contributed by atoms with Gasteiger partial charge in [-0.1, -0.05) is 32.4 Å². The lowest BCUT2D eigenvalue weighted by Gasteiger charge is -2.34. The standard InChI is InChI=1S/C16H23ClN2O2/c1-16(2,3)9-15(20)19-8-4-5-12(11-19)21-14-6-7-18-10-13(14)17/h6-7,10,12H,4-5,8-9,11H2,1-3H3. The lowest BCUT2D eigenvalue weighted by molar-refractivity contribution is -0.135. The Kier molecular flexibility index (Phi) is 5.09. The van der Waals surface area contributed by atoms with Gasteiger partial charge in [-0.3, -0.25) is 9.78 Å². The molecule has 1 unspecified atom stereocenters. The molecule has 1 atom stereocenters. The van der Waals surface area contributed by atoms with Crippen LogP contribution in [-0.2, 0) is 4.79 Å². The van der Waals surface area contributed by atoms with E-state index in [1.807, 2.05) is 4.90 Å². The van der Waals surface area contributed by atoms with Gasteiger partial charge in [0.25, 0.3) is 0 Å². The quantitative estimate of drug-likeness (QED) is 0.857. The number of amides is 1. The molecule has 0 aromatic carbocycles. The summed E-state index contributed by atoms with van der Waals surface area (Å²) in [5, 5.41) is 0.510. The van der Waals surface area contributed by atoms with Crippen LogP contribution >= 0.6 is 11.6 Å². The van der Waals surface area contributed by atoms with Gasteiger partial charge in [0.15, 0.2) is 0 Å². The van der Waals surface area contributed by atoms with E-state index in [9.17, 15) is 4.79 Å². The van der Waals surface area contributed by atoms with Crippen LogP contribution in [0.1, 0.15) is 40.0 Å². The maximum absolute atomic E-state index is 12.3. The third-order valence-corrected chi connectivity index (χ3v) is 3.73. The molecule has 1 aliphatic rings. The molecule has 1 aromatic rings. The van der Waals surface area contributed by atoms with Crippen molar-refractivity contribution in [1.29, 1.82) is 0 Å². The predicted octanol–water partition coefficient (Wildman–Crippen LogP) is 3.54. The smallest absolute Gasteiger partial charge is 0.223 e.